The van der Waals surface area contributed by atoms with Gasteiger partial charge < -0.3 is 10.5 Å². The van der Waals surface area contributed by atoms with E-state index in [4.69, 9.17) is 10.5 Å². The second-order valence-electron chi connectivity index (χ2n) is 5.91. The van der Waals surface area contributed by atoms with Gasteiger partial charge in [0.1, 0.15) is 5.75 Å². The number of fused-ring (bicyclic) bond motifs is 1. The summed E-state index contributed by atoms with van der Waals surface area (Å²) in [5.74, 6) is -1.49. The highest BCUT2D eigenvalue weighted by atomic mass is 19.3. The van der Waals surface area contributed by atoms with Gasteiger partial charge in [-0.05, 0) is 30.9 Å². The van der Waals surface area contributed by atoms with Crippen LogP contribution in [0, 0.1) is 5.92 Å². The molecule has 1 heterocycles. The first-order chi connectivity index (χ1) is 8.99. The summed E-state index contributed by atoms with van der Waals surface area (Å²) in [5.41, 5.74) is 7.03. The van der Waals surface area contributed by atoms with Crippen molar-refractivity contribution in [3.05, 3.63) is 29.8 Å². The molecule has 0 amide bonds. The summed E-state index contributed by atoms with van der Waals surface area (Å²) in [4.78, 5) is 0. The minimum atomic E-state index is -2.53. The number of ether oxygens (including phenoxy) is 1. The number of para-hydroxylation sites is 1. The monoisotopic (exact) mass is 267 g/mol. The highest BCUT2D eigenvalue weighted by molar-refractivity contribution is 5.35. The maximum atomic E-state index is 13.3. The van der Waals surface area contributed by atoms with Crippen molar-refractivity contribution in [3.8, 4) is 5.75 Å². The average Bonchev–Trinajstić information content (AvgIpc) is 2.42. The van der Waals surface area contributed by atoms with Crippen LogP contribution in [0.1, 0.15) is 31.2 Å². The first-order valence-corrected chi connectivity index (χ1v) is 6.86. The van der Waals surface area contributed by atoms with E-state index >= 15 is 0 Å². The molecule has 1 saturated carbocycles. The molecule has 1 aromatic carbocycles. The van der Waals surface area contributed by atoms with Crippen molar-refractivity contribution in [2.75, 3.05) is 6.61 Å². The largest absolute Gasteiger partial charge is 0.493 e. The lowest BCUT2D eigenvalue weighted by Gasteiger charge is -2.44. The Bertz CT molecular complexity index is 465. The van der Waals surface area contributed by atoms with Gasteiger partial charge in [0.15, 0.2) is 0 Å². The van der Waals surface area contributed by atoms with E-state index in [9.17, 15) is 8.78 Å². The zero-order chi connectivity index (χ0) is 13.5. The van der Waals surface area contributed by atoms with Gasteiger partial charge in [0, 0.05) is 24.3 Å². The van der Waals surface area contributed by atoms with Crippen LogP contribution >= 0.6 is 0 Å². The summed E-state index contributed by atoms with van der Waals surface area (Å²) in [7, 11) is 0. The lowest BCUT2D eigenvalue weighted by molar-refractivity contribution is -0.0624. The van der Waals surface area contributed by atoms with Gasteiger partial charge in [0.25, 0.3) is 0 Å². The van der Waals surface area contributed by atoms with Gasteiger partial charge in [-0.2, -0.15) is 0 Å². The molecule has 2 nitrogen and oxygen atoms in total. The third kappa shape index (κ3) is 2.46. The summed E-state index contributed by atoms with van der Waals surface area (Å²) in [6.45, 7) is 0.541. The van der Waals surface area contributed by atoms with Gasteiger partial charge in [-0.15, -0.1) is 0 Å². The Kier molecular flexibility index (Phi) is 3.01. The molecule has 1 atom stereocenters. The number of alkyl halides is 2. The average molecular weight is 267 g/mol. The van der Waals surface area contributed by atoms with E-state index in [-0.39, 0.29) is 18.8 Å². The summed E-state index contributed by atoms with van der Waals surface area (Å²) >= 11 is 0. The highest BCUT2D eigenvalue weighted by Crippen LogP contribution is 2.43. The van der Waals surface area contributed by atoms with Gasteiger partial charge in [-0.3, -0.25) is 0 Å². The fourth-order valence-corrected chi connectivity index (χ4v) is 3.19. The molecule has 4 heteroatoms. The normalized spacial score (nSPS) is 28.3. The summed E-state index contributed by atoms with van der Waals surface area (Å²) in [6.07, 6.45) is 1.41. The molecule has 1 aliphatic carbocycles. The van der Waals surface area contributed by atoms with Gasteiger partial charge in [-0.1, -0.05) is 18.2 Å². The predicted octanol–water partition coefficient (Wildman–Crippen LogP) is 3.14. The minimum absolute atomic E-state index is 0.0956. The summed E-state index contributed by atoms with van der Waals surface area (Å²) in [5, 5.41) is 0. The van der Waals surface area contributed by atoms with Crippen LogP contribution in [0.4, 0.5) is 8.78 Å². The molecule has 2 aliphatic rings. The highest BCUT2D eigenvalue weighted by Gasteiger charge is 2.46. The van der Waals surface area contributed by atoms with Crippen LogP contribution in [0.25, 0.3) is 0 Å². The van der Waals surface area contributed by atoms with E-state index in [1.165, 1.54) is 0 Å². The molecule has 0 aromatic heterocycles. The van der Waals surface area contributed by atoms with Gasteiger partial charge in [0.2, 0.25) is 5.92 Å². The van der Waals surface area contributed by atoms with E-state index in [0.29, 0.717) is 19.4 Å². The molecule has 0 radical (unpaired) electrons. The number of hydrogen-bond donors (Lipinski definition) is 1. The summed E-state index contributed by atoms with van der Waals surface area (Å²) < 4.78 is 32.3. The molecule has 0 bridgehead atoms. The molecule has 19 heavy (non-hydrogen) atoms. The van der Waals surface area contributed by atoms with Crippen LogP contribution < -0.4 is 10.5 Å². The van der Waals surface area contributed by atoms with Crippen molar-refractivity contribution >= 4 is 0 Å². The first kappa shape index (κ1) is 12.9. The molecule has 1 fully saturated rings. The first-order valence-electron chi connectivity index (χ1n) is 6.86. The van der Waals surface area contributed by atoms with Crippen molar-refractivity contribution in [1.29, 1.82) is 0 Å². The van der Waals surface area contributed by atoms with Crippen LogP contribution in [-0.2, 0) is 6.42 Å². The van der Waals surface area contributed by atoms with Crippen molar-refractivity contribution < 1.29 is 13.5 Å². The molecule has 1 aromatic rings. The fraction of sp³-hybridized carbons (Fsp3) is 0.600. The van der Waals surface area contributed by atoms with E-state index in [2.05, 4.69) is 0 Å². The zero-order valence-corrected chi connectivity index (χ0v) is 10.9. The standard InChI is InChI=1S/C15H19F2NO/c16-15(17)7-5-14(18,6-8-15)12-9-11-3-1-2-4-13(11)19-10-12/h1-4,12H,5-10,18H2. The van der Waals surface area contributed by atoms with Crippen LogP contribution in [0.2, 0.25) is 0 Å². The maximum Gasteiger partial charge on any atom is 0.248 e. The van der Waals surface area contributed by atoms with Crippen LogP contribution in [-0.4, -0.2) is 18.1 Å². The minimum Gasteiger partial charge on any atom is -0.493 e. The van der Waals surface area contributed by atoms with E-state index in [1.807, 2.05) is 24.3 Å². The topological polar surface area (TPSA) is 35.2 Å². The molecule has 0 spiro atoms. The second-order valence-corrected chi connectivity index (χ2v) is 5.91. The Morgan fingerprint density at radius 2 is 1.79 bits per heavy atom. The van der Waals surface area contributed by atoms with Gasteiger partial charge in [-0.25, -0.2) is 8.78 Å². The van der Waals surface area contributed by atoms with Crippen molar-refractivity contribution in [1.82, 2.24) is 0 Å². The number of nitrogens with two attached hydrogens (primary N) is 1. The SMILES string of the molecule is NC1(C2COc3ccccc3C2)CCC(F)(F)CC1. The van der Waals surface area contributed by atoms with E-state index in [1.54, 1.807) is 0 Å². The molecular formula is C15H19F2NO. The number of benzene rings is 1. The predicted molar refractivity (Wildman–Crippen MR) is 69.5 cm³/mol. The molecule has 1 unspecified atom stereocenters. The van der Waals surface area contributed by atoms with Gasteiger partial charge in [0.05, 0.1) is 6.61 Å². The Balaban J connectivity index is 1.74. The maximum absolute atomic E-state index is 13.3. The van der Waals surface area contributed by atoms with Crippen LogP contribution in [0.15, 0.2) is 24.3 Å². The Hall–Kier alpha value is -1.16. The Morgan fingerprint density at radius 3 is 2.53 bits per heavy atom. The van der Waals surface area contributed by atoms with Gasteiger partial charge >= 0.3 is 0 Å². The van der Waals surface area contributed by atoms with Crippen LogP contribution in [0.3, 0.4) is 0 Å². The molecule has 3 rings (SSSR count). The van der Waals surface area contributed by atoms with Crippen molar-refractivity contribution in [2.45, 2.75) is 43.6 Å². The number of halogens is 2. The second kappa shape index (κ2) is 4.44. The third-order valence-electron chi connectivity index (χ3n) is 4.60. The van der Waals surface area contributed by atoms with Crippen molar-refractivity contribution in [3.63, 3.8) is 0 Å². The Morgan fingerprint density at radius 1 is 1.11 bits per heavy atom. The third-order valence-corrected chi connectivity index (χ3v) is 4.60. The molecule has 1 aliphatic heterocycles. The quantitative estimate of drug-likeness (QED) is 0.848. The zero-order valence-electron chi connectivity index (χ0n) is 10.9. The van der Waals surface area contributed by atoms with E-state index < -0.39 is 11.5 Å². The lowest BCUT2D eigenvalue weighted by atomic mass is 9.70. The van der Waals surface area contributed by atoms with E-state index in [0.717, 1.165) is 17.7 Å². The fourth-order valence-electron chi connectivity index (χ4n) is 3.19. The summed E-state index contributed by atoms with van der Waals surface area (Å²) in [6, 6.07) is 7.90. The lowest BCUT2D eigenvalue weighted by Crippen LogP contribution is -2.54. The number of rotatable bonds is 1. The molecule has 104 valence electrons. The Labute approximate surface area is 111 Å². The number of hydrogen-bond acceptors (Lipinski definition) is 2. The molecular weight excluding hydrogens is 248 g/mol. The smallest absolute Gasteiger partial charge is 0.248 e. The van der Waals surface area contributed by atoms with Crippen LogP contribution in [0.5, 0.6) is 5.75 Å². The molecule has 2 N–H and O–H groups in total. The molecule has 0 saturated heterocycles. The van der Waals surface area contributed by atoms with Crippen molar-refractivity contribution in [2.24, 2.45) is 11.7 Å².